The summed E-state index contributed by atoms with van der Waals surface area (Å²) < 4.78 is 0.731. The Morgan fingerprint density at radius 1 is 1.14 bits per heavy atom. The number of halogens is 1. The second kappa shape index (κ2) is 7.22. The average molecular weight is 361 g/mol. The molecule has 1 N–H and O–H groups in total. The topological polar surface area (TPSA) is 49.4 Å². The smallest absolute Gasteiger partial charge is 0.316 e. The number of nitrogens with zero attached hydrogens (tertiary/aromatic N) is 1. The SMILES string of the molecule is CCN(C(=O)C(=O)Nc1ccccc1Br)c1cccc(C)c1. The third-order valence-electron chi connectivity index (χ3n) is 3.19. The van der Waals surface area contributed by atoms with Crippen LogP contribution >= 0.6 is 15.9 Å². The normalized spacial score (nSPS) is 10.1. The zero-order valence-corrected chi connectivity index (χ0v) is 14.1. The largest absolute Gasteiger partial charge is 0.317 e. The van der Waals surface area contributed by atoms with E-state index < -0.39 is 11.8 Å². The summed E-state index contributed by atoms with van der Waals surface area (Å²) in [7, 11) is 0. The minimum absolute atomic E-state index is 0.422. The van der Waals surface area contributed by atoms with Gasteiger partial charge in [0, 0.05) is 16.7 Å². The van der Waals surface area contributed by atoms with Gasteiger partial charge in [-0.05, 0) is 59.6 Å². The predicted molar refractivity (Wildman–Crippen MR) is 92.0 cm³/mol. The van der Waals surface area contributed by atoms with Crippen LogP contribution in [0.1, 0.15) is 12.5 Å². The number of para-hydroxylation sites is 1. The number of hydrogen-bond donors (Lipinski definition) is 1. The summed E-state index contributed by atoms with van der Waals surface area (Å²) in [6.45, 7) is 4.21. The zero-order valence-electron chi connectivity index (χ0n) is 12.5. The van der Waals surface area contributed by atoms with Crippen molar-refractivity contribution in [3.8, 4) is 0 Å². The zero-order chi connectivity index (χ0) is 16.1. The molecule has 0 aromatic heterocycles. The molecule has 2 rings (SSSR count). The second-order valence-electron chi connectivity index (χ2n) is 4.82. The number of benzene rings is 2. The van der Waals surface area contributed by atoms with E-state index >= 15 is 0 Å². The standard InChI is InChI=1S/C17H17BrN2O2/c1-3-20(13-8-6-7-12(2)11-13)17(22)16(21)19-15-10-5-4-9-14(15)18/h4-11H,3H2,1-2H3,(H,19,21). The van der Waals surface area contributed by atoms with Crippen LogP contribution in [0, 0.1) is 6.92 Å². The number of hydrogen-bond acceptors (Lipinski definition) is 2. The maximum atomic E-state index is 12.4. The second-order valence-corrected chi connectivity index (χ2v) is 5.68. The van der Waals surface area contributed by atoms with Crippen molar-refractivity contribution in [1.29, 1.82) is 0 Å². The minimum Gasteiger partial charge on any atom is -0.317 e. The molecule has 4 nitrogen and oxygen atoms in total. The summed E-state index contributed by atoms with van der Waals surface area (Å²) >= 11 is 3.34. The predicted octanol–water partition coefficient (Wildman–Crippen LogP) is 3.75. The van der Waals surface area contributed by atoms with Crippen LogP contribution in [0.15, 0.2) is 53.0 Å². The molecular weight excluding hydrogens is 344 g/mol. The van der Waals surface area contributed by atoms with Gasteiger partial charge in [0.25, 0.3) is 0 Å². The first-order valence-corrected chi connectivity index (χ1v) is 7.76. The molecule has 0 atom stereocenters. The molecule has 2 amide bonds. The van der Waals surface area contributed by atoms with Gasteiger partial charge in [-0.3, -0.25) is 9.59 Å². The number of carbonyl (C=O) groups excluding carboxylic acids is 2. The highest BCUT2D eigenvalue weighted by molar-refractivity contribution is 9.10. The first-order chi connectivity index (χ1) is 10.5. The van der Waals surface area contributed by atoms with Crippen LogP contribution in [0.2, 0.25) is 0 Å². The molecule has 0 saturated heterocycles. The Morgan fingerprint density at radius 2 is 1.86 bits per heavy atom. The van der Waals surface area contributed by atoms with Crippen molar-refractivity contribution < 1.29 is 9.59 Å². The van der Waals surface area contributed by atoms with Gasteiger partial charge in [-0.15, -0.1) is 0 Å². The van der Waals surface area contributed by atoms with Crippen molar-refractivity contribution >= 4 is 39.1 Å². The van der Waals surface area contributed by atoms with Gasteiger partial charge in [-0.25, -0.2) is 0 Å². The van der Waals surface area contributed by atoms with E-state index in [4.69, 9.17) is 0 Å². The monoisotopic (exact) mass is 360 g/mol. The van der Waals surface area contributed by atoms with E-state index in [1.165, 1.54) is 4.90 Å². The molecule has 0 spiro atoms. The lowest BCUT2D eigenvalue weighted by Crippen LogP contribution is -2.39. The Morgan fingerprint density at radius 3 is 2.50 bits per heavy atom. The molecule has 0 unspecified atom stereocenters. The number of likely N-dealkylation sites (N-methyl/N-ethyl adjacent to an activating group) is 1. The lowest BCUT2D eigenvalue weighted by atomic mass is 10.2. The summed E-state index contributed by atoms with van der Waals surface area (Å²) in [5.74, 6) is -1.24. The number of rotatable bonds is 3. The summed E-state index contributed by atoms with van der Waals surface area (Å²) in [6.07, 6.45) is 0. The van der Waals surface area contributed by atoms with Gasteiger partial charge in [0.05, 0.1) is 5.69 Å². The van der Waals surface area contributed by atoms with E-state index in [2.05, 4.69) is 21.2 Å². The van der Waals surface area contributed by atoms with Gasteiger partial charge in [-0.1, -0.05) is 24.3 Å². The van der Waals surface area contributed by atoms with Crippen LogP contribution in [0.25, 0.3) is 0 Å². The van der Waals surface area contributed by atoms with E-state index in [0.717, 1.165) is 15.7 Å². The van der Waals surface area contributed by atoms with Crippen LogP contribution in [-0.2, 0) is 9.59 Å². The van der Waals surface area contributed by atoms with Crippen LogP contribution in [0.4, 0.5) is 11.4 Å². The summed E-state index contributed by atoms with van der Waals surface area (Å²) in [6, 6.07) is 14.7. The molecule has 2 aromatic rings. The van der Waals surface area contributed by atoms with Crippen LogP contribution < -0.4 is 10.2 Å². The van der Waals surface area contributed by atoms with E-state index in [0.29, 0.717) is 12.2 Å². The lowest BCUT2D eigenvalue weighted by Gasteiger charge is -2.21. The fourth-order valence-electron chi connectivity index (χ4n) is 2.10. The number of carbonyl (C=O) groups is 2. The molecule has 114 valence electrons. The molecular formula is C17H17BrN2O2. The number of nitrogens with one attached hydrogen (secondary N) is 1. The molecule has 2 aromatic carbocycles. The Bertz CT molecular complexity index is 701. The molecule has 0 radical (unpaired) electrons. The van der Waals surface area contributed by atoms with E-state index in [9.17, 15) is 9.59 Å². The van der Waals surface area contributed by atoms with Crippen LogP contribution in [-0.4, -0.2) is 18.4 Å². The summed E-state index contributed by atoms with van der Waals surface area (Å²) in [5, 5.41) is 2.63. The molecule has 0 saturated carbocycles. The fraction of sp³-hybridized carbons (Fsp3) is 0.176. The molecule has 0 fully saturated rings. The van der Waals surface area contributed by atoms with Gasteiger partial charge in [0.15, 0.2) is 0 Å². The molecule has 0 heterocycles. The summed E-state index contributed by atoms with van der Waals surface area (Å²) in [4.78, 5) is 26.1. The number of anilines is 2. The highest BCUT2D eigenvalue weighted by atomic mass is 79.9. The van der Waals surface area contributed by atoms with Crippen molar-refractivity contribution in [3.63, 3.8) is 0 Å². The van der Waals surface area contributed by atoms with Crippen LogP contribution in [0.3, 0.4) is 0 Å². The third-order valence-corrected chi connectivity index (χ3v) is 3.88. The van der Waals surface area contributed by atoms with Crippen molar-refractivity contribution in [2.24, 2.45) is 0 Å². The highest BCUT2D eigenvalue weighted by Gasteiger charge is 2.22. The molecule has 0 aliphatic rings. The Hall–Kier alpha value is -2.14. The van der Waals surface area contributed by atoms with E-state index in [1.807, 2.05) is 44.2 Å². The molecule has 0 bridgehead atoms. The van der Waals surface area contributed by atoms with Crippen molar-refractivity contribution in [2.45, 2.75) is 13.8 Å². The lowest BCUT2D eigenvalue weighted by molar-refractivity contribution is -0.134. The van der Waals surface area contributed by atoms with Crippen molar-refractivity contribution in [3.05, 3.63) is 58.6 Å². The van der Waals surface area contributed by atoms with Crippen molar-refractivity contribution in [2.75, 3.05) is 16.8 Å². The molecule has 0 aliphatic heterocycles. The first kappa shape index (κ1) is 16.2. The Kier molecular flexibility index (Phi) is 5.33. The molecule has 22 heavy (non-hydrogen) atoms. The average Bonchev–Trinajstić information content (AvgIpc) is 2.50. The minimum atomic E-state index is -0.657. The highest BCUT2D eigenvalue weighted by Crippen LogP contribution is 2.22. The Balaban J connectivity index is 2.18. The van der Waals surface area contributed by atoms with Gasteiger partial charge < -0.3 is 10.2 Å². The molecule has 0 aliphatic carbocycles. The summed E-state index contributed by atoms with van der Waals surface area (Å²) in [5.41, 5.74) is 2.32. The van der Waals surface area contributed by atoms with Crippen molar-refractivity contribution in [1.82, 2.24) is 0 Å². The Labute approximate surface area is 138 Å². The van der Waals surface area contributed by atoms with Gasteiger partial charge in [-0.2, -0.15) is 0 Å². The number of amides is 2. The van der Waals surface area contributed by atoms with Gasteiger partial charge >= 0.3 is 11.8 Å². The van der Waals surface area contributed by atoms with Gasteiger partial charge in [0.1, 0.15) is 0 Å². The fourth-order valence-corrected chi connectivity index (χ4v) is 2.48. The van der Waals surface area contributed by atoms with E-state index in [1.54, 1.807) is 18.2 Å². The third kappa shape index (κ3) is 3.74. The first-order valence-electron chi connectivity index (χ1n) is 6.97. The quantitative estimate of drug-likeness (QED) is 0.847. The maximum absolute atomic E-state index is 12.4. The van der Waals surface area contributed by atoms with Gasteiger partial charge in [0.2, 0.25) is 0 Å². The van der Waals surface area contributed by atoms with Crippen LogP contribution in [0.5, 0.6) is 0 Å². The van der Waals surface area contributed by atoms with E-state index in [-0.39, 0.29) is 0 Å². The maximum Gasteiger partial charge on any atom is 0.316 e. The number of aryl methyl sites for hydroxylation is 1. The molecule has 5 heteroatoms.